The third kappa shape index (κ3) is 3.26. The minimum atomic E-state index is -1.27. The van der Waals surface area contributed by atoms with E-state index < -0.39 is 11.6 Å². The molecule has 3 rings (SSSR count). The quantitative estimate of drug-likeness (QED) is 0.907. The van der Waals surface area contributed by atoms with Gasteiger partial charge >= 0.3 is 5.97 Å². The first-order chi connectivity index (χ1) is 11.5. The Balaban J connectivity index is 1.76. The number of hydrogen-bond donors (Lipinski definition) is 1. The van der Waals surface area contributed by atoms with E-state index in [1.54, 1.807) is 25.3 Å². The Morgan fingerprint density at radius 2 is 1.96 bits per heavy atom. The maximum Gasteiger partial charge on any atom is 0.348 e. The molecule has 2 aromatic rings. The van der Waals surface area contributed by atoms with Gasteiger partial charge in [0.2, 0.25) is 11.5 Å². The van der Waals surface area contributed by atoms with Crippen LogP contribution in [0.1, 0.15) is 18.5 Å². The Morgan fingerprint density at radius 3 is 2.54 bits per heavy atom. The van der Waals surface area contributed by atoms with Crippen molar-refractivity contribution >= 4 is 23.5 Å². The molecule has 0 spiro atoms. The van der Waals surface area contributed by atoms with E-state index in [2.05, 4.69) is 15.0 Å². The lowest BCUT2D eigenvalue weighted by atomic mass is 9.91. The number of anilines is 1. The average Bonchev–Trinajstić information content (AvgIpc) is 2.58. The first-order valence-corrected chi connectivity index (χ1v) is 7.94. The van der Waals surface area contributed by atoms with Gasteiger partial charge in [-0.1, -0.05) is 11.6 Å². The van der Waals surface area contributed by atoms with Crippen LogP contribution in [0, 0.1) is 6.92 Å². The number of pyridine rings is 1. The van der Waals surface area contributed by atoms with Gasteiger partial charge in [0, 0.05) is 32.1 Å². The summed E-state index contributed by atoms with van der Waals surface area (Å²) < 4.78 is 5.89. The predicted molar refractivity (Wildman–Crippen MR) is 88.5 cm³/mol. The lowest BCUT2D eigenvalue weighted by Crippen LogP contribution is -2.53. The van der Waals surface area contributed by atoms with Gasteiger partial charge in [-0.15, -0.1) is 0 Å². The summed E-state index contributed by atoms with van der Waals surface area (Å²) in [4.78, 5) is 26.3. The zero-order chi connectivity index (χ0) is 17.2. The van der Waals surface area contributed by atoms with Gasteiger partial charge in [-0.25, -0.2) is 14.8 Å². The number of aryl methyl sites for hydroxylation is 1. The summed E-state index contributed by atoms with van der Waals surface area (Å²) in [6, 6.07) is 3.47. The van der Waals surface area contributed by atoms with Crippen molar-refractivity contribution in [3.8, 4) is 5.75 Å². The molecule has 1 saturated heterocycles. The minimum Gasteiger partial charge on any atom is -0.478 e. The van der Waals surface area contributed by atoms with Crippen molar-refractivity contribution in [1.29, 1.82) is 0 Å². The normalized spacial score (nSPS) is 16.7. The molecule has 0 unspecified atom stereocenters. The second-order valence-corrected chi connectivity index (χ2v) is 6.11. The van der Waals surface area contributed by atoms with Gasteiger partial charge in [0.05, 0.1) is 23.1 Å². The Kier molecular flexibility index (Phi) is 4.53. The summed E-state index contributed by atoms with van der Waals surface area (Å²) in [6.45, 7) is 2.75. The second kappa shape index (κ2) is 6.60. The molecule has 1 fully saturated rings. The second-order valence-electron chi connectivity index (χ2n) is 5.68. The standard InChI is InChI=1S/C16H17ClN4O3/c1-11-13(3-2-6-18-11)24-16(14(22)23)4-7-21(8-5-16)15-19-9-12(17)10-20-15/h2-3,6,9-10H,4-5,7-8H2,1H3,(H,22,23). The molecule has 2 aromatic heterocycles. The molecule has 0 saturated carbocycles. The molecule has 1 aliphatic heterocycles. The third-order valence-corrected chi connectivity index (χ3v) is 4.31. The van der Waals surface area contributed by atoms with Crippen LogP contribution in [-0.4, -0.2) is 44.7 Å². The summed E-state index contributed by atoms with van der Waals surface area (Å²) in [6.07, 6.45) is 5.35. The number of carboxylic acids is 1. The zero-order valence-electron chi connectivity index (χ0n) is 13.1. The highest BCUT2D eigenvalue weighted by Gasteiger charge is 2.44. The number of aliphatic carboxylic acids is 1. The minimum absolute atomic E-state index is 0.322. The zero-order valence-corrected chi connectivity index (χ0v) is 13.9. The molecule has 0 atom stereocenters. The van der Waals surface area contributed by atoms with Crippen molar-refractivity contribution < 1.29 is 14.6 Å². The third-order valence-electron chi connectivity index (χ3n) is 4.11. The molecule has 1 N–H and O–H groups in total. The van der Waals surface area contributed by atoms with Crippen molar-refractivity contribution in [2.24, 2.45) is 0 Å². The lowest BCUT2D eigenvalue weighted by molar-refractivity contribution is -0.157. The summed E-state index contributed by atoms with van der Waals surface area (Å²) in [5, 5.41) is 10.2. The highest BCUT2D eigenvalue weighted by molar-refractivity contribution is 6.30. The molecule has 0 aromatic carbocycles. The first-order valence-electron chi connectivity index (χ1n) is 7.57. The Hall–Kier alpha value is -2.41. The summed E-state index contributed by atoms with van der Waals surface area (Å²) in [5.74, 6) is 0.0643. The van der Waals surface area contributed by atoms with Gasteiger partial charge in [-0.2, -0.15) is 0 Å². The van der Waals surface area contributed by atoms with Crippen LogP contribution in [0.5, 0.6) is 5.75 Å². The van der Waals surface area contributed by atoms with Gasteiger partial charge in [-0.05, 0) is 19.1 Å². The van der Waals surface area contributed by atoms with Crippen molar-refractivity contribution in [3.63, 3.8) is 0 Å². The maximum absolute atomic E-state index is 11.9. The molecule has 0 bridgehead atoms. The number of carbonyl (C=O) groups is 1. The van der Waals surface area contributed by atoms with Crippen LogP contribution in [0.4, 0.5) is 5.95 Å². The van der Waals surface area contributed by atoms with Gasteiger partial charge in [0.25, 0.3) is 0 Å². The van der Waals surface area contributed by atoms with Crippen LogP contribution in [-0.2, 0) is 4.79 Å². The van der Waals surface area contributed by atoms with Crippen molar-refractivity contribution in [2.75, 3.05) is 18.0 Å². The van der Waals surface area contributed by atoms with Crippen LogP contribution in [0.3, 0.4) is 0 Å². The number of hydrogen-bond acceptors (Lipinski definition) is 6. The molecule has 8 heteroatoms. The number of nitrogens with zero attached hydrogens (tertiary/aromatic N) is 4. The largest absolute Gasteiger partial charge is 0.478 e. The fourth-order valence-corrected chi connectivity index (χ4v) is 2.78. The maximum atomic E-state index is 11.9. The fraction of sp³-hybridized carbons (Fsp3) is 0.375. The smallest absolute Gasteiger partial charge is 0.348 e. The number of carboxylic acid groups (broad SMARTS) is 1. The lowest BCUT2D eigenvalue weighted by Gasteiger charge is -2.38. The monoisotopic (exact) mass is 348 g/mol. The molecule has 0 aliphatic carbocycles. The van der Waals surface area contributed by atoms with Gasteiger partial charge in [-0.3, -0.25) is 4.98 Å². The first kappa shape index (κ1) is 16.4. The van der Waals surface area contributed by atoms with Gasteiger partial charge in [0.1, 0.15) is 5.75 Å². The molecule has 1 aliphatic rings. The number of ether oxygens (including phenoxy) is 1. The van der Waals surface area contributed by atoms with Crippen LogP contribution in [0.25, 0.3) is 0 Å². The number of rotatable bonds is 4. The van der Waals surface area contributed by atoms with E-state index in [1.807, 2.05) is 4.90 Å². The Bertz CT molecular complexity index is 730. The predicted octanol–water partition coefficient (Wildman–Crippen LogP) is 2.34. The van der Waals surface area contributed by atoms with Crippen molar-refractivity contribution in [1.82, 2.24) is 15.0 Å². The average molecular weight is 349 g/mol. The Morgan fingerprint density at radius 1 is 1.29 bits per heavy atom. The highest BCUT2D eigenvalue weighted by Crippen LogP contribution is 2.31. The van der Waals surface area contributed by atoms with Gasteiger partial charge < -0.3 is 14.7 Å². The van der Waals surface area contributed by atoms with Crippen LogP contribution < -0.4 is 9.64 Å². The van der Waals surface area contributed by atoms with E-state index in [1.165, 1.54) is 12.4 Å². The van der Waals surface area contributed by atoms with E-state index in [9.17, 15) is 9.90 Å². The van der Waals surface area contributed by atoms with Gasteiger partial charge in [0.15, 0.2) is 0 Å². The van der Waals surface area contributed by atoms with E-state index >= 15 is 0 Å². The molecular formula is C16H17ClN4O3. The topological polar surface area (TPSA) is 88.4 Å². The number of aromatic nitrogens is 3. The molecular weight excluding hydrogens is 332 g/mol. The summed E-state index contributed by atoms with van der Waals surface area (Å²) in [7, 11) is 0. The molecule has 3 heterocycles. The molecule has 126 valence electrons. The van der Waals surface area contributed by atoms with E-state index in [4.69, 9.17) is 16.3 Å². The number of halogens is 1. The molecule has 7 nitrogen and oxygen atoms in total. The van der Waals surface area contributed by atoms with Crippen LogP contribution in [0.2, 0.25) is 5.02 Å². The summed E-state index contributed by atoms with van der Waals surface area (Å²) in [5.41, 5.74) is -0.599. The number of piperidine rings is 1. The van der Waals surface area contributed by atoms with Crippen LogP contribution in [0.15, 0.2) is 30.7 Å². The highest BCUT2D eigenvalue weighted by atomic mass is 35.5. The van der Waals surface area contributed by atoms with E-state index in [0.717, 1.165) is 0 Å². The fourth-order valence-electron chi connectivity index (χ4n) is 2.68. The van der Waals surface area contributed by atoms with E-state index in [-0.39, 0.29) is 0 Å². The SMILES string of the molecule is Cc1ncccc1OC1(C(=O)O)CCN(c2ncc(Cl)cn2)CC1. The van der Waals surface area contributed by atoms with Crippen molar-refractivity contribution in [2.45, 2.75) is 25.4 Å². The molecule has 24 heavy (non-hydrogen) atoms. The van der Waals surface area contributed by atoms with Crippen LogP contribution >= 0.6 is 11.6 Å². The molecule has 0 amide bonds. The van der Waals surface area contributed by atoms with E-state index in [0.29, 0.717) is 48.3 Å². The Labute approximate surface area is 144 Å². The summed E-state index contributed by atoms with van der Waals surface area (Å²) >= 11 is 5.80. The van der Waals surface area contributed by atoms with Crippen molar-refractivity contribution in [3.05, 3.63) is 41.4 Å². The molecule has 0 radical (unpaired) electrons.